The maximum absolute atomic E-state index is 11.9. The van der Waals surface area contributed by atoms with E-state index < -0.39 is 0 Å². The Morgan fingerprint density at radius 3 is 2.73 bits per heavy atom. The van der Waals surface area contributed by atoms with Crippen LogP contribution in [0.2, 0.25) is 5.02 Å². The fraction of sp³-hybridized carbons (Fsp3) is 0.125. The summed E-state index contributed by atoms with van der Waals surface area (Å²) in [5.74, 6) is 0.473. The van der Waals surface area contributed by atoms with Gasteiger partial charge in [-0.05, 0) is 30.3 Å². The first-order valence-electron chi connectivity index (χ1n) is 6.44. The molecule has 0 aliphatic rings. The van der Waals surface area contributed by atoms with E-state index in [1.165, 1.54) is 13.2 Å². The number of benzene rings is 2. The molecular weight excluding hydrogens is 306 g/mol. The van der Waals surface area contributed by atoms with Gasteiger partial charge in [0.1, 0.15) is 11.5 Å². The van der Waals surface area contributed by atoms with Crippen molar-refractivity contribution in [1.82, 2.24) is 0 Å². The summed E-state index contributed by atoms with van der Waals surface area (Å²) in [7, 11) is 1.50. The first-order chi connectivity index (χ1) is 10.6. The molecule has 0 bridgehead atoms. The van der Waals surface area contributed by atoms with Crippen LogP contribution in [0.25, 0.3) is 0 Å². The van der Waals surface area contributed by atoms with Gasteiger partial charge in [-0.1, -0.05) is 23.7 Å². The Kier molecular flexibility index (Phi) is 5.38. The van der Waals surface area contributed by atoms with Gasteiger partial charge in [0.25, 0.3) is 5.91 Å². The van der Waals surface area contributed by atoms with Crippen molar-refractivity contribution in [3.05, 3.63) is 53.1 Å². The minimum atomic E-state index is -0.374. The van der Waals surface area contributed by atoms with Gasteiger partial charge < -0.3 is 14.8 Å². The van der Waals surface area contributed by atoms with Crippen molar-refractivity contribution >= 4 is 29.5 Å². The fourth-order valence-corrected chi connectivity index (χ4v) is 1.95. The molecule has 0 radical (unpaired) electrons. The number of para-hydroxylation sites is 1. The van der Waals surface area contributed by atoms with E-state index in [1.54, 1.807) is 36.4 Å². The number of ether oxygens (including phenoxy) is 2. The number of halogens is 1. The van der Waals surface area contributed by atoms with Crippen molar-refractivity contribution in [2.75, 3.05) is 19.0 Å². The van der Waals surface area contributed by atoms with Gasteiger partial charge in [-0.3, -0.25) is 9.59 Å². The molecular formula is C16H14ClNO4. The van der Waals surface area contributed by atoms with Gasteiger partial charge in [0, 0.05) is 0 Å². The Hall–Kier alpha value is -2.53. The molecule has 0 fully saturated rings. The van der Waals surface area contributed by atoms with Crippen LogP contribution in [0, 0.1) is 0 Å². The highest BCUT2D eigenvalue weighted by Gasteiger charge is 2.09. The highest BCUT2D eigenvalue weighted by atomic mass is 35.5. The van der Waals surface area contributed by atoms with Gasteiger partial charge in [-0.25, -0.2) is 0 Å². The maximum Gasteiger partial charge on any atom is 0.262 e. The van der Waals surface area contributed by atoms with Crippen molar-refractivity contribution in [3.63, 3.8) is 0 Å². The zero-order valence-corrected chi connectivity index (χ0v) is 12.6. The van der Waals surface area contributed by atoms with Crippen LogP contribution in [-0.2, 0) is 4.79 Å². The van der Waals surface area contributed by atoms with E-state index in [9.17, 15) is 9.59 Å². The Morgan fingerprint density at radius 1 is 1.27 bits per heavy atom. The molecule has 0 aliphatic heterocycles. The molecule has 114 valence electrons. The number of nitrogens with one attached hydrogen (secondary N) is 1. The van der Waals surface area contributed by atoms with Crippen molar-refractivity contribution in [3.8, 4) is 11.5 Å². The van der Waals surface area contributed by atoms with E-state index in [0.29, 0.717) is 34.1 Å². The van der Waals surface area contributed by atoms with Crippen molar-refractivity contribution in [2.24, 2.45) is 0 Å². The van der Waals surface area contributed by atoms with Crippen LogP contribution in [0.15, 0.2) is 42.5 Å². The van der Waals surface area contributed by atoms with Gasteiger partial charge in [0.15, 0.2) is 12.9 Å². The number of carbonyl (C=O) groups is 2. The molecule has 0 aromatic heterocycles. The largest absolute Gasteiger partial charge is 0.497 e. The quantitative estimate of drug-likeness (QED) is 0.831. The van der Waals surface area contributed by atoms with Gasteiger partial charge in [0.05, 0.1) is 23.4 Å². The second kappa shape index (κ2) is 7.47. The van der Waals surface area contributed by atoms with Crippen LogP contribution in [0.3, 0.4) is 0 Å². The summed E-state index contributed by atoms with van der Waals surface area (Å²) in [6.45, 7) is -0.238. The number of hydrogen-bond acceptors (Lipinski definition) is 4. The molecule has 0 aliphatic carbocycles. The highest BCUT2D eigenvalue weighted by molar-refractivity contribution is 6.33. The third kappa shape index (κ3) is 3.99. The maximum atomic E-state index is 11.9. The predicted octanol–water partition coefficient (Wildman–Crippen LogP) is 3.18. The first kappa shape index (κ1) is 15.9. The minimum Gasteiger partial charge on any atom is -0.497 e. The Bertz CT molecular complexity index is 688. The lowest BCUT2D eigenvalue weighted by Gasteiger charge is -2.10. The highest BCUT2D eigenvalue weighted by Crippen LogP contribution is 2.23. The second-order valence-electron chi connectivity index (χ2n) is 4.34. The van der Waals surface area contributed by atoms with Crippen LogP contribution in [0.5, 0.6) is 11.5 Å². The molecule has 2 rings (SSSR count). The second-order valence-corrected chi connectivity index (χ2v) is 4.75. The Balaban J connectivity index is 1.99. The average molecular weight is 320 g/mol. The Labute approximate surface area is 132 Å². The lowest BCUT2D eigenvalue weighted by Crippen LogP contribution is -2.20. The summed E-state index contributed by atoms with van der Waals surface area (Å²) < 4.78 is 10.4. The average Bonchev–Trinajstić information content (AvgIpc) is 2.55. The zero-order valence-electron chi connectivity index (χ0n) is 11.8. The van der Waals surface area contributed by atoms with E-state index >= 15 is 0 Å². The van der Waals surface area contributed by atoms with Gasteiger partial charge in [0.2, 0.25) is 0 Å². The van der Waals surface area contributed by atoms with Crippen molar-refractivity contribution in [2.45, 2.75) is 0 Å². The van der Waals surface area contributed by atoms with Gasteiger partial charge >= 0.3 is 0 Å². The van der Waals surface area contributed by atoms with E-state index in [-0.39, 0.29) is 12.5 Å². The van der Waals surface area contributed by atoms with E-state index in [4.69, 9.17) is 21.1 Å². The topological polar surface area (TPSA) is 64.6 Å². The molecule has 2 aromatic carbocycles. The van der Waals surface area contributed by atoms with Crippen LogP contribution in [0.4, 0.5) is 5.69 Å². The summed E-state index contributed by atoms with van der Waals surface area (Å²) in [4.78, 5) is 22.9. The first-order valence-corrected chi connectivity index (χ1v) is 6.82. The molecule has 22 heavy (non-hydrogen) atoms. The van der Waals surface area contributed by atoms with Crippen LogP contribution < -0.4 is 14.8 Å². The number of rotatable bonds is 6. The number of carbonyl (C=O) groups excluding carboxylic acids is 2. The summed E-state index contributed by atoms with van der Waals surface area (Å²) >= 11 is 5.95. The smallest absolute Gasteiger partial charge is 0.262 e. The van der Waals surface area contributed by atoms with Crippen molar-refractivity contribution < 1.29 is 19.1 Å². The number of anilines is 1. The summed E-state index contributed by atoms with van der Waals surface area (Å²) in [6, 6.07) is 11.6. The lowest BCUT2D eigenvalue weighted by atomic mass is 10.2. The van der Waals surface area contributed by atoms with E-state index in [2.05, 4.69) is 5.32 Å². The zero-order chi connectivity index (χ0) is 15.9. The molecule has 0 atom stereocenters. The molecule has 5 nitrogen and oxygen atoms in total. The van der Waals surface area contributed by atoms with Crippen LogP contribution in [0.1, 0.15) is 10.4 Å². The molecule has 0 unspecified atom stereocenters. The van der Waals surface area contributed by atoms with E-state index in [0.717, 1.165) is 0 Å². The monoisotopic (exact) mass is 319 g/mol. The standard InChI is InChI=1S/C16H14ClNO4/c1-21-12-6-7-15(11(8-12)9-19)22-10-16(20)18-14-5-3-2-4-13(14)17/h2-9H,10H2,1H3,(H,18,20). The molecule has 1 N–H and O–H groups in total. The number of methoxy groups -OCH3 is 1. The summed E-state index contributed by atoms with van der Waals surface area (Å²) in [6.07, 6.45) is 0.643. The van der Waals surface area contributed by atoms with E-state index in [1.807, 2.05) is 0 Å². The Morgan fingerprint density at radius 2 is 2.05 bits per heavy atom. The van der Waals surface area contributed by atoms with Crippen LogP contribution >= 0.6 is 11.6 Å². The minimum absolute atomic E-state index is 0.238. The SMILES string of the molecule is COc1ccc(OCC(=O)Nc2ccccc2Cl)c(C=O)c1. The fourth-order valence-electron chi connectivity index (χ4n) is 1.77. The molecule has 0 spiro atoms. The third-order valence-corrected chi connectivity index (χ3v) is 3.18. The molecule has 2 aromatic rings. The molecule has 0 heterocycles. The molecule has 1 amide bonds. The van der Waals surface area contributed by atoms with Gasteiger partial charge in [-0.15, -0.1) is 0 Å². The molecule has 0 saturated heterocycles. The third-order valence-electron chi connectivity index (χ3n) is 2.85. The molecule has 0 saturated carbocycles. The normalized spacial score (nSPS) is 9.91. The lowest BCUT2D eigenvalue weighted by molar-refractivity contribution is -0.118. The number of amides is 1. The molecule has 6 heteroatoms. The van der Waals surface area contributed by atoms with Crippen molar-refractivity contribution in [1.29, 1.82) is 0 Å². The van der Waals surface area contributed by atoms with Gasteiger partial charge in [-0.2, -0.15) is 0 Å². The number of aldehydes is 1. The predicted molar refractivity (Wildman–Crippen MR) is 84.0 cm³/mol. The van der Waals surface area contributed by atoms with Crippen LogP contribution in [-0.4, -0.2) is 25.9 Å². The summed E-state index contributed by atoms with van der Waals surface area (Å²) in [5, 5.41) is 3.07. The summed E-state index contributed by atoms with van der Waals surface area (Å²) in [5.41, 5.74) is 0.813. The number of hydrogen-bond donors (Lipinski definition) is 1.